The number of aromatic nitrogens is 1. The Kier molecular flexibility index (Phi) is 3.02. The van der Waals surface area contributed by atoms with Gasteiger partial charge in [-0.2, -0.15) is 0 Å². The van der Waals surface area contributed by atoms with E-state index in [4.69, 9.17) is 0 Å². The summed E-state index contributed by atoms with van der Waals surface area (Å²) in [6.07, 6.45) is 9.46. The van der Waals surface area contributed by atoms with E-state index >= 15 is 0 Å². The monoisotopic (exact) mass is 232 g/mol. The Labute approximate surface area is 102 Å². The largest absolute Gasteiger partial charge is 0.312 e. The zero-order valence-corrected chi connectivity index (χ0v) is 10.2. The summed E-state index contributed by atoms with van der Waals surface area (Å²) in [6.45, 7) is 0.733. The van der Waals surface area contributed by atoms with E-state index < -0.39 is 0 Å². The van der Waals surface area contributed by atoms with Gasteiger partial charge in [0, 0.05) is 30.4 Å². The van der Waals surface area contributed by atoms with Gasteiger partial charge in [0.15, 0.2) is 0 Å². The average molecular weight is 232 g/mol. The van der Waals surface area contributed by atoms with Crippen molar-refractivity contribution in [2.24, 2.45) is 0 Å². The number of nitrogens with one attached hydrogen (secondary N) is 1. The molecule has 0 bridgehead atoms. The maximum Gasteiger partial charge on any atom is 0.255 e. The lowest BCUT2D eigenvalue weighted by Crippen LogP contribution is -2.30. The summed E-state index contributed by atoms with van der Waals surface area (Å²) in [7, 11) is 0. The van der Waals surface area contributed by atoms with Crippen molar-refractivity contribution in [1.82, 2.24) is 9.88 Å². The second kappa shape index (κ2) is 4.65. The summed E-state index contributed by atoms with van der Waals surface area (Å²) in [5.74, 6) is 0. The standard InChI is InChI=1S/C14H20N2O/c17-14-11(10-15-12-5-1-2-6-12)4-3-9-16(14)13-7-8-13/h3-4,9,12-13,15H,1-2,5-8,10H2. The Bertz CT molecular complexity index is 442. The molecule has 1 heterocycles. The molecule has 0 amide bonds. The molecule has 0 spiro atoms. The zero-order chi connectivity index (χ0) is 11.7. The molecule has 2 aliphatic carbocycles. The van der Waals surface area contributed by atoms with Crippen molar-refractivity contribution in [3.8, 4) is 0 Å². The molecule has 0 aliphatic heterocycles. The third kappa shape index (κ3) is 2.44. The topological polar surface area (TPSA) is 34.0 Å². The fraction of sp³-hybridized carbons (Fsp3) is 0.643. The summed E-state index contributed by atoms with van der Waals surface area (Å²) in [4.78, 5) is 12.2. The van der Waals surface area contributed by atoms with Crippen LogP contribution in [0.15, 0.2) is 23.1 Å². The molecule has 3 nitrogen and oxygen atoms in total. The molecule has 92 valence electrons. The Morgan fingerprint density at radius 2 is 2.00 bits per heavy atom. The van der Waals surface area contributed by atoms with E-state index in [0.717, 1.165) is 12.1 Å². The highest BCUT2D eigenvalue weighted by Gasteiger charge is 2.24. The first-order chi connectivity index (χ1) is 8.34. The van der Waals surface area contributed by atoms with E-state index in [-0.39, 0.29) is 5.56 Å². The van der Waals surface area contributed by atoms with Crippen molar-refractivity contribution in [2.75, 3.05) is 0 Å². The van der Waals surface area contributed by atoms with Crippen LogP contribution in [0.2, 0.25) is 0 Å². The van der Waals surface area contributed by atoms with E-state index in [9.17, 15) is 4.79 Å². The lowest BCUT2D eigenvalue weighted by Gasteiger charge is -2.12. The van der Waals surface area contributed by atoms with E-state index in [2.05, 4.69) is 5.32 Å². The number of hydrogen-bond acceptors (Lipinski definition) is 2. The van der Waals surface area contributed by atoms with E-state index in [0.29, 0.717) is 12.1 Å². The van der Waals surface area contributed by atoms with Crippen molar-refractivity contribution in [2.45, 2.75) is 57.2 Å². The molecule has 1 aromatic heterocycles. The highest BCUT2D eigenvalue weighted by molar-refractivity contribution is 5.12. The van der Waals surface area contributed by atoms with Gasteiger partial charge in [0.1, 0.15) is 0 Å². The van der Waals surface area contributed by atoms with Crippen LogP contribution in [0.25, 0.3) is 0 Å². The van der Waals surface area contributed by atoms with Crippen molar-refractivity contribution < 1.29 is 0 Å². The number of nitrogens with zero attached hydrogens (tertiary/aromatic N) is 1. The van der Waals surface area contributed by atoms with E-state index in [1.54, 1.807) is 0 Å². The Balaban J connectivity index is 1.69. The summed E-state index contributed by atoms with van der Waals surface area (Å²) in [6, 6.07) is 5.08. The van der Waals surface area contributed by atoms with E-state index in [1.807, 2.05) is 22.9 Å². The molecule has 17 heavy (non-hydrogen) atoms. The Morgan fingerprint density at radius 1 is 1.24 bits per heavy atom. The molecule has 1 N–H and O–H groups in total. The molecule has 0 aromatic carbocycles. The van der Waals surface area contributed by atoms with Gasteiger partial charge in [-0.15, -0.1) is 0 Å². The summed E-state index contributed by atoms with van der Waals surface area (Å²) in [5.41, 5.74) is 1.13. The first-order valence-electron chi connectivity index (χ1n) is 6.78. The predicted molar refractivity (Wildman–Crippen MR) is 68.1 cm³/mol. The van der Waals surface area contributed by atoms with Gasteiger partial charge in [0.05, 0.1) is 0 Å². The second-order valence-electron chi connectivity index (χ2n) is 5.34. The molecule has 0 unspecified atom stereocenters. The summed E-state index contributed by atoms with van der Waals surface area (Å²) in [5, 5.41) is 3.51. The predicted octanol–water partition coefficient (Wildman–Crippen LogP) is 2.22. The van der Waals surface area contributed by atoms with Crippen LogP contribution in [0.5, 0.6) is 0 Å². The Morgan fingerprint density at radius 3 is 2.71 bits per heavy atom. The molecule has 3 rings (SSSR count). The lowest BCUT2D eigenvalue weighted by molar-refractivity contribution is 0.519. The average Bonchev–Trinajstić information content (AvgIpc) is 3.04. The number of hydrogen-bond donors (Lipinski definition) is 1. The van der Waals surface area contributed by atoms with Crippen LogP contribution in [-0.4, -0.2) is 10.6 Å². The molecule has 0 atom stereocenters. The van der Waals surface area contributed by atoms with Crippen molar-refractivity contribution in [3.05, 3.63) is 34.2 Å². The van der Waals surface area contributed by atoms with Crippen LogP contribution in [0.1, 0.15) is 50.1 Å². The molecule has 2 saturated carbocycles. The van der Waals surface area contributed by atoms with Gasteiger partial charge in [-0.05, 0) is 31.7 Å². The minimum atomic E-state index is 0.209. The third-order valence-corrected chi connectivity index (χ3v) is 3.93. The van der Waals surface area contributed by atoms with Crippen LogP contribution in [0.3, 0.4) is 0 Å². The van der Waals surface area contributed by atoms with Gasteiger partial charge in [0.25, 0.3) is 5.56 Å². The van der Waals surface area contributed by atoms with Gasteiger partial charge in [0.2, 0.25) is 0 Å². The molecular weight excluding hydrogens is 212 g/mol. The maximum absolute atomic E-state index is 12.2. The SMILES string of the molecule is O=c1c(CNC2CCCC2)cccn1C1CC1. The number of rotatable bonds is 4. The maximum atomic E-state index is 12.2. The van der Waals surface area contributed by atoms with Crippen LogP contribution in [0.4, 0.5) is 0 Å². The van der Waals surface area contributed by atoms with Crippen LogP contribution >= 0.6 is 0 Å². The second-order valence-corrected chi connectivity index (χ2v) is 5.34. The van der Waals surface area contributed by atoms with Crippen LogP contribution in [-0.2, 0) is 6.54 Å². The van der Waals surface area contributed by atoms with Gasteiger partial charge in [-0.3, -0.25) is 4.79 Å². The quantitative estimate of drug-likeness (QED) is 0.863. The first kappa shape index (κ1) is 11.0. The molecule has 1 aromatic rings. The van der Waals surface area contributed by atoms with Crippen LogP contribution < -0.4 is 10.9 Å². The van der Waals surface area contributed by atoms with Crippen molar-refractivity contribution in [1.29, 1.82) is 0 Å². The first-order valence-corrected chi connectivity index (χ1v) is 6.78. The lowest BCUT2D eigenvalue weighted by atomic mass is 10.2. The zero-order valence-electron chi connectivity index (χ0n) is 10.2. The highest BCUT2D eigenvalue weighted by Crippen LogP contribution is 2.33. The van der Waals surface area contributed by atoms with Crippen molar-refractivity contribution in [3.63, 3.8) is 0 Å². The highest BCUT2D eigenvalue weighted by atomic mass is 16.1. The molecule has 0 radical (unpaired) electrons. The molecule has 3 heteroatoms. The minimum absolute atomic E-state index is 0.209. The summed E-state index contributed by atoms with van der Waals surface area (Å²) >= 11 is 0. The Hall–Kier alpha value is -1.09. The normalized spacial score (nSPS) is 20.9. The minimum Gasteiger partial charge on any atom is -0.312 e. The third-order valence-electron chi connectivity index (χ3n) is 3.93. The number of pyridine rings is 1. The van der Waals surface area contributed by atoms with Gasteiger partial charge in [-0.1, -0.05) is 18.9 Å². The van der Waals surface area contributed by atoms with Crippen molar-refractivity contribution >= 4 is 0 Å². The summed E-state index contributed by atoms with van der Waals surface area (Å²) < 4.78 is 1.91. The fourth-order valence-corrected chi connectivity index (χ4v) is 2.72. The van der Waals surface area contributed by atoms with Crippen LogP contribution in [0, 0.1) is 0 Å². The fourth-order valence-electron chi connectivity index (χ4n) is 2.72. The van der Waals surface area contributed by atoms with Gasteiger partial charge >= 0.3 is 0 Å². The smallest absolute Gasteiger partial charge is 0.255 e. The van der Waals surface area contributed by atoms with Gasteiger partial charge in [-0.25, -0.2) is 0 Å². The molecule has 2 fully saturated rings. The molecular formula is C14H20N2O. The molecule has 0 saturated heterocycles. The van der Waals surface area contributed by atoms with Gasteiger partial charge < -0.3 is 9.88 Å². The van der Waals surface area contributed by atoms with E-state index in [1.165, 1.54) is 38.5 Å². The molecule has 2 aliphatic rings.